The minimum Gasteiger partial charge on any atom is -0.497 e. The molecule has 1 heterocycles. The Labute approximate surface area is 148 Å². The van der Waals surface area contributed by atoms with Crippen LogP contribution in [0.15, 0.2) is 29.3 Å². The highest BCUT2D eigenvalue weighted by atomic mass is 16.5. The summed E-state index contributed by atoms with van der Waals surface area (Å²) in [4.78, 5) is 8.85. The number of hydrogen-bond donors (Lipinski definition) is 3. The van der Waals surface area contributed by atoms with Gasteiger partial charge in [-0.1, -0.05) is 25.7 Å². The lowest BCUT2D eigenvalue weighted by molar-refractivity contribution is 0.415. The zero-order valence-electron chi connectivity index (χ0n) is 14.7. The molecule has 0 radical (unpaired) electrons. The van der Waals surface area contributed by atoms with Crippen LogP contribution in [0.25, 0.3) is 11.4 Å². The Bertz CT molecular complexity index is 686. The van der Waals surface area contributed by atoms with E-state index in [-0.39, 0.29) is 0 Å². The van der Waals surface area contributed by atoms with Gasteiger partial charge in [0.2, 0.25) is 0 Å². The number of guanidine groups is 1. The Morgan fingerprint density at radius 2 is 1.96 bits per heavy atom. The molecule has 1 aromatic heterocycles. The summed E-state index contributed by atoms with van der Waals surface area (Å²) in [7, 11) is 1.64. The maximum absolute atomic E-state index is 6.02. The van der Waals surface area contributed by atoms with Gasteiger partial charge >= 0.3 is 0 Å². The number of nitrogens with one attached hydrogen (secondary N) is 2. The van der Waals surface area contributed by atoms with Crippen molar-refractivity contribution < 1.29 is 4.74 Å². The van der Waals surface area contributed by atoms with Crippen LogP contribution >= 0.6 is 0 Å². The van der Waals surface area contributed by atoms with E-state index in [9.17, 15) is 0 Å². The smallest absolute Gasteiger partial charge is 0.189 e. The van der Waals surface area contributed by atoms with Crippen molar-refractivity contribution in [1.82, 2.24) is 20.5 Å². The summed E-state index contributed by atoms with van der Waals surface area (Å²) in [5, 5.41) is 10.5. The molecular formula is C18H26N6O. The number of rotatable bonds is 5. The van der Waals surface area contributed by atoms with Gasteiger partial charge in [-0.2, -0.15) is 5.10 Å². The number of benzene rings is 1. The second-order valence-electron chi connectivity index (χ2n) is 6.37. The Hall–Kier alpha value is -2.57. The molecule has 0 atom stereocenters. The van der Waals surface area contributed by atoms with Crippen LogP contribution in [0.2, 0.25) is 0 Å². The number of H-pyrrole nitrogens is 1. The van der Waals surface area contributed by atoms with Gasteiger partial charge < -0.3 is 15.8 Å². The summed E-state index contributed by atoms with van der Waals surface area (Å²) in [5.74, 6) is 2.62. The monoisotopic (exact) mass is 342 g/mol. The lowest BCUT2D eigenvalue weighted by Crippen LogP contribution is -2.39. The highest BCUT2D eigenvalue weighted by molar-refractivity contribution is 5.78. The van der Waals surface area contributed by atoms with Crippen molar-refractivity contribution in [1.29, 1.82) is 0 Å². The van der Waals surface area contributed by atoms with E-state index >= 15 is 0 Å². The van der Waals surface area contributed by atoms with Gasteiger partial charge in [0.25, 0.3) is 0 Å². The average molecular weight is 342 g/mol. The van der Waals surface area contributed by atoms with Crippen LogP contribution in [-0.2, 0) is 6.54 Å². The molecule has 134 valence electrons. The van der Waals surface area contributed by atoms with Gasteiger partial charge in [0.05, 0.1) is 7.11 Å². The fourth-order valence-electron chi connectivity index (χ4n) is 3.07. The average Bonchev–Trinajstić information content (AvgIpc) is 2.97. The number of aromatic amines is 1. The Morgan fingerprint density at radius 3 is 2.64 bits per heavy atom. The van der Waals surface area contributed by atoms with Gasteiger partial charge in [-0.15, -0.1) is 0 Å². The fraction of sp³-hybridized carbons (Fsp3) is 0.500. The summed E-state index contributed by atoms with van der Waals surface area (Å²) in [6, 6.07) is 8.07. The van der Waals surface area contributed by atoms with E-state index in [0.29, 0.717) is 30.2 Å². The zero-order valence-corrected chi connectivity index (χ0v) is 14.7. The van der Waals surface area contributed by atoms with Gasteiger partial charge in [0.15, 0.2) is 11.8 Å². The quantitative estimate of drug-likeness (QED) is 0.440. The van der Waals surface area contributed by atoms with E-state index in [0.717, 1.165) is 11.3 Å². The predicted molar refractivity (Wildman–Crippen MR) is 98.3 cm³/mol. The number of aliphatic imine (C=N–C) groups is 1. The molecule has 3 rings (SSSR count). The van der Waals surface area contributed by atoms with Crippen LogP contribution in [0, 0.1) is 0 Å². The standard InChI is InChI=1S/C18H26N6O/c1-25-15-10-8-13(9-11-15)17-22-16(23-24-17)12-20-18(19)21-14-6-4-2-3-5-7-14/h8-11,14H,2-7,12H2,1H3,(H3,19,20,21)(H,22,23,24). The molecule has 0 unspecified atom stereocenters. The van der Waals surface area contributed by atoms with E-state index in [2.05, 4.69) is 25.5 Å². The maximum Gasteiger partial charge on any atom is 0.189 e. The van der Waals surface area contributed by atoms with E-state index in [4.69, 9.17) is 10.5 Å². The van der Waals surface area contributed by atoms with Crippen LogP contribution < -0.4 is 15.8 Å². The molecule has 1 saturated carbocycles. The minimum atomic E-state index is 0.384. The molecule has 0 bridgehead atoms. The second kappa shape index (κ2) is 8.50. The van der Waals surface area contributed by atoms with Crippen molar-refractivity contribution in [2.24, 2.45) is 10.7 Å². The number of nitrogens with two attached hydrogens (primary N) is 1. The van der Waals surface area contributed by atoms with Crippen molar-refractivity contribution in [3.63, 3.8) is 0 Å². The van der Waals surface area contributed by atoms with Crippen LogP contribution in [0.4, 0.5) is 0 Å². The fourth-order valence-corrected chi connectivity index (χ4v) is 3.07. The van der Waals surface area contributed by atoms with Crippen molar-refractivity contribution in [2.45, 2.75) is 51.1 Å². The second-order valence-corrected chi connectivity index (χ2v) is 6.37. The number of methoxy groups -OCH3 is 1. The third-order valence-corrected chi connectivity index (χ3v) is 4.49. The van der Waals surface area contributed by atoms with E-state index in [1.165, 1.54) is 38.5 Å². The number of nitrogens with zero attached hydrogens (tertiary/aromatic N) is 3. The van der Waals surface area contributed by atoms with Crippen molar-refractivity contribution in [2.75, 3.05) is 7.11 Å². The zero-order chi connectivity index (χ0) is 17.5. The Morgan fingerprint density at radius 1 is 1.24 bits per heavy atom. The van der Waals surface area contributed by atoms with Crippen LogP contribution in [0.3, 0.4) is 0 Å². The maximum atomic E-state index is 6.02. The van der Waals surface area contributed by atoms with Crippen molar-refractivity contribution in [3.05, 3.63) is 30.1 Å². The van der Waals surface area contributed by atoms with Crippen LogP contribution in [0.5, 0.6) is 5.75 Å². The van der Waals surface area contributed by atoms with Crippen molar-refractivity contribution in [3.8, 4) is 17.1 Å². The lowest BCUT2D eigenvalue weighted by Gasteiger charge is -2.16. The third-order valence-electron chi connectivity index (χ3n) is 4.49. The van der Waals surface area contributed by atoms with Gasteiger partial charge in [0.1, 0.15) is 18.1 Å². The summed E-state index contributed by atoms with van der Waals surface area (Å²) in [5.41, 5.74) is 6.94. The Balaban J connectivity index is 1.56. The SMILES string of the molecule is COc1ccc(-c2n[nH]c(CN=C(N)NC3CCCCCC3)n2)cc1. The first-order valence-corrected chi connectivity index (χ1v) is 8.87. The first-order chi connectivity index (χ1) is 12.2. The normalized spacial score (nSPS) is 16.4. The molecule has 25 heavy (non-hydrogen) atoms. The molecule has 1 fully saturated rings. The molecular weight excluding hydrogens is 316 g/mol. The lowest BCUT2D eigenvalue weighted by atomic mass is 10.1. The summed E-state index contributed by atoms with van der Waals surface area (Å²) < 4.78 is 5.16. The molecule has 0 amide bonds. The molecule has 2 aromatic rings. The van der Waals surface area contributed by atoms with Gasteiger partial charge in [0, 0.05) is 11.6 Å². The number of hydrogen-bond acceptors (Lipinski definition) is 4. The van der Waals surface area contributed by atoms with E-state index < -0.39 is 0 Å². The van der Waals surface area contributed by atoms with Crippen LogP contribution in [-0.4, -0.2) is 34.3 Å². The largest absolute Gasteiger partial charge is 0.497 e. The molecule has 0 saturated heterocycles. The summed E-state index contributed by atoms with van der Waals surface area (Å²) >= 11 is 0. The summed E-state index contributed by atoms with van der Waals surface area (Å²) in [6.45, 7) is 0.384. The molecule has 4 N–H and O–H groups in total. The van der Waals surface area contributed by atoms with Crippen LogP contribution in [0.1, 0.15) is 44.3 Å². The highest BCUT2D eigenvalue weighted by Crippen LogP contribution is 2.19. The molecule has 7 heteroatoms. The van der Waals surface area contributed by atoms with Gasteiger partial charge in [-0.25, -0.2) is 9.98 Å². The molecule has 7 nitrogen and oxygen atoms in total. The number of ether oxygens (including phenoxy) is 1. The highest BCUT2D eigenvalue weighted by Gasteiger charge is 2.12. The third kappa shape index (κ3) is 4.95. The van der Waals surface area contributed by atoms with E-state index in [1.54, 1.807) is 7.11 Å². The van der Waals surface area contributed by atoms with Gasteiger partial charge in [-0.3, -0.25) is 5.10 Å². The molecule has 0 aliphatic heterocycles. The van der Waals surface area contributed by atoms with Crippen molar-refractivity contribution >= 4 is 5.96 Å². The predicted octanol–water partition coefficient (Wildman–Crippen LogP) is 2.61. The first-order valence-electron chi connectivity index (χ1n) is 8.87. The minimum absolute atomic E-state index is 0.384. The number of aromatic nitrogens is 3. The van der Waals surface area contributed by atoms with E-state index in [1.807, 2.05) is 24.3 Å². The van der Waals surface area contributed by atoms with Gasteiger partial charge in [-0.05, 0) is 37.1 Å². The Kier molecular flexibility index (Phi) is 5.87. The summed E-state index contributed by atoms with van der Waals surface area (Å²) in [6.07, 6.45) is 7.50. The molecule has 1 aromatic carbocycles. The molecule has 0 spiro atoms. The molecule has 1 aliphatic carbocycles. The topological polar surface area (TPSA) is 101 Å². The molecule has 1 aliphatic rings. The first kappa shape index (κ1) is 17.3.